The predicted molar refractivity (Wildman–Crippen MR) is 142 cm³/mol. The minimum absolute atomic E-state index is 0.121. The fraction of sp³-hybridized carbons (Fsp3) is 0.107. The monoisotopic (exact) mass is 512 g/mol. The maximum absolute atomic E-state index is 12.9. The van der Waals surface area contributed by atoms with Crippen LogP contribution in [0.15, 0.2) is 75.5 Å². The lowest BCUT2D eigenvalue weighted by Gasteiger charge is -2.01. The van der Waals surface area contributed by atoms with Crippen molar-refractivity contribution in [3.05, 3.63) is 120 Å². The van der Waals surface area contributed by atoms with Crippen molar-refractivity contribution in [2.75, 3.05) is 0 Å². The smallest absolute Gasteiger partial charge is 0.335 e. The van der Waals surface area contributed by atoms with Crippen LogP contribution in [0.5, 0.6) is 0 Å². The van der Waals surface area contributed by atoms with Gasteiger partial charge < -0.3 is 10.2 Å². The maximum Gasteiger partial charge on any atom is 0.335 e. The number of aromatic carboxylic acids is 2. The van der Waals surface area contributed by atoms with Gasteiger partial charge in [-0.3, -0.25) is 19.8 Å². The molecule has 38 heavy (non-hydrogen) atoms. The number of benzene rings is 2. The molecule has 0 saturated heterocycles. The number of hydrogen-bond donors (Lipinski definition) is 4. The molecule has 0 fully saturated rings. The zero-order chi connectivity index (χ0) is 27.6. The maximum atomic E-state index is 12.9. The van der Waals surface area contributed by atoms with Crippen molar-refractivity contribution in [3.8, 4) is 11.4 Å². The van der Waals surface area contributed by atoms with Crippen LogP contribution in [0, 0.1) is 13.8 Å². The van der Waals surface area contributed by atoms with Crippen LogP contribution in [0.4, 0.5) is 0 Å². The fourth-order valence-corrected chi connectivity index (χ4v) is 3.80. The van der Waals surface area contributed by atoms with E-state index in [1.165, 1.54) is 33.6 Å². The highest BCUT2D eigenvalue weighted by Crippen LogP contribution is 2.13. The lowest BCUT2D eigenvalue weighted by atomic mass is 10.2. The normalized spacial score (nSPS) is 10.9. The Morgan fingerprint density at radius 1 is 0.763 bits per heavy atom. The van der Waals surface area contributed by atoms with E-state index in [4.69, 9.17) is 10.2 Å². The molecule has 0 aliphatic heterocycles. The third kappa shape index (κ3) is 5.11. The molecule has 192 valence electrons. The minimum Gasteiger partial charge on any atom is -0.478 e. The molecular formula is C28H24N4O6. The number of rotatable bonds is 7. The minimum atomic E-state index is -1.05. The number of nitrogens with one attached hydrogen (secondary N) is 2. The van der Waals surface area contributed by atoms with Gasteiger partial charge in [0, 0.05) is 11.4 Å². The Bertz CT molecular complexity index is 1750. The summed E-state index contributed by atoms with van der Waals surface area (Å²) in [5.41, 5.74) is 6.43. The summed E-state index contributed by atoms with van der Waals surface area (Å²) in [4.78, 5) is 48.0. The van der Waals surface area contributed by atoms with E-state index in [0.29, 0.717) is 39.5 Å². The molecule has 0 aliphatic carbocycles. The van der Waals surface area contributed by atoms with E-state index in [0.717, 1.165) is 0 Å². The number of hydrogen-bond acceptors (Lipinski definition) is 4. The highest BCUT2D eigenvalue weighted by molar-refractivity contribution is 5.88. The molecule has 2 aromatic carbocycles. The third-order valence-corrected chi connectivity index (χ3v) is 5.92. The van der Waals surface area contributed by atoms with E-state index in [9.17, 15) is 19.2 Å². The largest absolute Gasteiger partial charge is 0.478 e. The molecule has 4 aromatic rings. The quantitative estimate of drug-likeness (QED) is 0.218. The van der Waals surface area contributed by atoms with Crippen LogP contribution in [0.3, 0.4) is 0 Å². The molecule has 0 bridgehead atoms. The molecular weight excluding hydrogens is 488 g/mol. The molecule has 2 heterocycles. The number of allylic oxidation sites excluding steroid dienone is 2. The Labute approximate surface area is 216 Å². The number of carboxylic acids is 2. The van der Waals surface area contributed by atoms with Crippen molar-refractivity contribution in [2.24, 2.45) is 0 Å². The number of aromatic amines is 2. The summed E-state index contributed by atoms with van der Waals surface area (Å²) < 4.78 is 2.67. The van der Waals surface area contributed by atoms with Gasteiger partial charge in [0.1, 0.15) is 0 Å². The van der Waals surface area contributed by atoms with Crippen molar-refractivity contribution in [1.82, 2.24) is 19.6 Å². The van der Waals surface area contributed by atoms with Crippen LogP contribution < -0.4 is 11.1 Å². The topological polar surface area (TPSA) is 150 Å². The Morgan fingerprint density at radius 2 is 1.18 bits per heavy atom. The molecule has 10 nitrogen and oxygen atoms in total. The van der Waals surface area contributed by atoms with E-state index in [1.54, 1.807) is 63.3 Å². The Hall–Kier alpha value is -5.34. The molecule has 0 saturated carbocycles. The van der Waals surface area contributed by atoms with Gasteiger partial charge in [0.25, 0.3) is 11.1 Å². The third-order valence-electron chi connectivity index (χ3n) is 5.92. The summed E-state index contributed by atoms with van der Waals surface area (Å²) >= 11 is 0. The standard InChI is InChI=1S/C28H24N4O6/c1-16(4-14-23-17(2)29-31(25(23)33)21-10-6-19(7-11-21)27(35)36)5-15-24-18(3)30-32(26(24)34)22-12-8-20(9-13-22)28(37)38/h4,6-15,29-30H,1-3H3,(H,35,36)(H,37,38). The second-order valence-corrected chi connectivity index (χ2v) is 8.59. The van der Waals surface area contributed by atoms with Crippen molar-refractivity contribution in [1.29, 1.82) is 0 Å². The number of aromatic nitrogens is 4. The summed E-state index contributed by atoms with van der Waals surface area (Å²) in [6.07, 6.45) is 4.91. The fourth-order valence-electron chi connectivity index (χ4n) is 3.80. The average Bonchev–Trinajstić information content (AvgIpc) is 3.34. The van der Waals surface area contributed by atoms with Gasteiger partial charge >= 0.3 is 11.9 Å². The number of carbonyl (C=O) groups is 2. The van der Waals surface area contributed by atoms with Crippen LogP contribution >= 0.6 is 0 Å². The summed E-state index contributed by atoms with van der Waals surface area (Å²) in [5.74, 6) is -2.10. The van der Waals surface area contributed by atoms with Gasteiger partial charge in [-0.15, -0.1) is 5.73 Å². The van der Waals surface area contributed by atoms with E-state index < -0.39 is 11.9 Å². The second kappa shape index (κ2) is 10.3. The molecule has 4 rings (SSSR count). The second-order valence-electron chi connectivity index (χ2n) is 8.59. The molecule has 0 aliphatic rings. The van der Waals surface area contributed by atoms with E-state index in [-0.39, 0.29) is 22.2 Å². The van der Waals surface area contributed by atoms with Crippen molar-refractivity contribution in [3.63, 3.8) is 0 Å². The molecule has 10 heteroatoms. The number of aryl methyl sites for hydroxylation is 2. The summed E-state index contributed by atoms with van der Waals surface area (Å²) in [6, 6.07) is 11.9. The van der Waals surface area contributed by atoms with Crippen molar-refractivity contribution in [2.45, 2.75) is 20.8 Å². The molecule has 0 radical (unpaired) electrons. The average molecular weight is 513 g/mol. The number of H-pyrrole nitrogens is 2. The van der Waals surface area contributed by atoms with E-state index in [2.05, 4.69) is 15.9 Å². The molecule has 4 N–H and O–H groups in total. The van der Waals surface area contributed by atoms with Crippen LogP contribution in [0.25, 0.3) is 23.5 Å². The van der Waals surface area contributed by atoms with Crippen LogP contribution in [-0.2, 0) is 0 Å². The Kier molecular flexibility index (Phi) is 7.00. The summed E-state index contributed by atoms with van der Waals surface area (Å²) in [5, 5.41) is 24.1. The first-order valence-electron chi connectivity index (χ1n) is 11.5. The van der Waals surface area contributed by atoms with Crippen LogP contribution in [-0.4, -0.2) is 41.7 Å². The summed E-state index contributed by atoms with van der Waals surface area (Å²) in [7, 11) is 0. The van der Waals surface area contributed by atoms with Gasteiger partial charge in [0.2, 0.25) is 0 Å². The number of carboxylic acid groups (broad SMARTS) is 2. The molecule has 0 spiro atoms. The first-order valence-corrected chi connectivity index (χ1v) is 11.5. The molecule has 2 aromatic heterocycles. The Morgan fingerprint density at radius 3 is 1.63 bits per heavy atom. The molecule has 0 atom stereocenters. The van der Waals surface area contributed by atoms with Crippen LogP contribution in [0.2, 0.25) is 0 Å². The first kappa shape index (κ1) is 25.7. The highest BCUT2D eigenvalue weighted by Gasteiger charge is 2.12. The van der Waals surface area contributed by atoms with Gasteiger partial charge in [0.15, 0.2) is 0 Å². The highest BCUT2D eigenvalue weighted by atomic mass is 16.4. The van der Waals surface area contributed by atoms with Crippen molar-refractivity contribution >= 4 is 24.1 Å². The van der Waals surface area contributed by atoms with Gasteiger partial charge in [-0.1, -0.05) is 6.08 Å². The van der Waals surface area contributed by atoms with Gasteiger partial charge in [-0.05, 0) is 87.0 Å². The SMILES string of the molecule is CC(=C=Cc1c(C)[nH]n(-c2ccc(C(=O)O)cc2)c1=O)C=Cc1c(C)[nH]n(-c2ccc(C(=O)O)cc2)c1=O. The van der Waals surface area contributed by atoms with Gasteiger partial charge in [-0.25, -0.2) is 19.0 Å². The first-order chi connectivity index (χ1) is 18.1. The van der Waals surface area contributed by atoms with Crippen LogP contribution in [0.1, 0.15) is 50.2 Å². The zero-order valence-electron chi connectivity index (χ0n) is 20.8. The number of nitrogens with zero attached hydrogens (tertiary/aromatic N) is 2. The predicted octanol–water partition coefficient (Wildman–Crippen LogP) is 3.93. The van der Waals surface area contributed by atoms with Gasteiger partial charge in [0.05, 0.1) is 33.6 Å². The van der Waals surface area contributed by atoms with E-state index >= 15 is 0 Å². The Balaban J connectivity index is 1.59. The van der Waals surface area contributed by atoms with E-state index in [1.807, 2.05) is 0 Å². The molecule has 0 unspecified atom stereocenters. The molecule has 0 amide bonds. The zero-order valence-corrected chi connectivity index (χ0v) is 20.8. The van der Waals surface area contributed by atoms with Crippen molar-refractivity contribution < 1.29 is 19.8 Å². The lowest BCUT2D eigenvalue weighted by molar-refractivity contribution is 0.0686. The summed E-state index contributed by atoms with van der Waals surface area (Å²) in [6.45, 7) is 5.28. The lowest BCUT2D eigenvalue weighted by Crippen LogP contribution is -2.16. The van der Waals surface area contributed by atoms with Gasteiger partial charge in [-0.2, -0.15) is 0 Å².